The van der Waals surface area contributed by atoms with E-state index in [1.165, 1.54) is 4.68 Å². The number of H-pyrrole nitrogens is 1. The van der Waals surface area contributed by atoms with Gasteiger partial charge in [-0.15, -0.1) is 5.10 Å². The molecule has 0 aliphatic carbocycles. The molecule has 0 bridgehead atoms. The predicted molar refractivity (Wildman–Crippen MR) is 117 cm³/mol. The zero-order valence-corrected chi connectivity index (χ0v) is 18.8. The minimum Gasteiger partial charge on any atom is -0.493 e. The molecule has 170 valence electrons. The number of tetrazole rings is 1. The molecule has 0 saturated heterocycles. The third kappa shape index (κ3) is 5.13. The number of nitrogens with zero attached hydrogens (tertiary/aromatic N) is 4. The second-order valence-electron chi connectivity index (χ2n) is 8.14. The third-order valence-electron chi connectivity index (χ3n) is 4.55. The largest absolute Gasteiger partial charge is 0.493 e. The van der Waals surface area contributed by atoms with Crippen LogP contribution < -0.4 is 15.0 Å². The van der Waals surface area contributed by atoms with Crippen LogP contribution >= 0.6 is 0 Å². The lowest BCUT2D eigenvalue weighted by Crippen LogP contribution is -2.24. The molecule has 0 saturated carbocycles. The summed E-state index contributed by atoms with van der Waals surface area (Å²) in [5.74, 6) is 1.01. The number of hydrogen-bond acceptors (Lipinski definition) is 8. The molecule has 0 unspecified atom stereocenters. The van der Waals surface area contributed by atoms with Gasteiger partial charge in [-0.1, -0.05) is 6.92 Å². The van der Waals surface area contributed by atoms with Crippen molar-refractivity contribution in [3.8, 4) is 34.1 Å². The van der Waals surface area contributed by atoms with Gasteiger partial charge in [0.1, 0.15) is 0 Å². The number of esters is 1. The second kappa shape index (κ2) is 9.63. The predicted octanol–water partition coefficient (Wildman–Crippen LogP) is 3.04. The van der Waals surface area contributed by atoms with Crippen molar-refractivity contribution in [2.75, 3.05) is 13.7 Å². The van der Waals surface area contributed by atoms with E-state index in [1.54, 1.807) is 46.1 Å². The van der Waals surface area contributed by atoms with Crippen LogP contribution in [-0.4, -0.2) is 44.9 Å². The van der Waals surface area contributed by atoms with Crippen LogP contribution in [0.4, 0.5) is 0 Å². The van der Waals surface area contributed by atoms with Gasteiger partial charge in [-0.05, 0) is 68.0 Å². The van der Waals surface area contributed by atoms with Crippen molar-refractivity contribution in [1.29, 1.82) is 0 Å². The Kier molecular flexibility index (Phi) is 6.92. The Morgan fingerprint density at radius 2 is 1.94 bits per heavy atom. The minimum absolute atomic E-state index is 0.196. The molecular formula is C22H27N5O5. The Morgan fingerprint density at radius 1 is 1.16 bits per heavy atom. The Hall–Kier alpha value is -3.69. The topological polar surface area (TPSA) is 121 Å². The number of nitrogens with one attached hydrogen (secondary N) is 1. The van der Waals surface area contributed by atoms with Crippen LogP contribution in [0.1, 0.15) is 34.1 Å². The first kappa shape index (κ1) is 23.0. The highest BCUT2D eigenvalue weighted by molar-refractivity contribution is 5.75. The smallest absolute Gasteiger partial charge is 0.313 e. The molecule has 1 N–H and O–H groups in total. The first-order valence-electron chi connectivity index (χ1n) is 10.2. The zero-order chi connectivity index (χ0) is 23.3. The molecule has 2 aromatic heterocycles. The maximum Gasteiger partial charge on any atom is 0.313 e. The first-order chi connectivity index (χ1) is 15.2. The number of hydrogen-bond donors (Lipinski definition) is 1. The average Bonchev–Trinajstić information content (AvgIpc) is 3.23. The van der Waals surface area contributed by atoms with Gasteiger partial charge >= 0.3 is 5.97 Å². The summed E-state index contributed by atoms with van der Waals surface area (Å²) in [7, 11) is 1.58. The summed E-state index contributed by atoms with van der Waals surface area (Å²) in [6.45, 7) is 7.61. The van der Waals surface area contributed by atoms with Crippen LogP contribution in [0.2, 0.25) is 0 Å². The maximum absolute atomic E-state index is 12.8. The summed E-state index contributed by atoms with van der Waals surface area (Å²) < 4.78 is 17.6. The van der Waals surface area contributed by atoms with Gasteiger partial charge < -0.3 is 19.2 Å². The lowest BCUT2D eigenvalue weighted by molar-refractivity contribution is -0.157. The van der Waals surface area contributed by atoms with Crippen LogP contribution in [0.5, 0.6) is 11.5 Å². The second-order valence-corrected chi connectivity index (χ2v) is 8.14. The molecule has 0 spiro atoms. The number of rotatable bonds is 8. The Bertz CT molecular complexity index is 1150. The van der Waals surface area contributed by atoms with Crippen molar-refractivity contribution in [3.63, 3.8) is 0 Å². The number of carbonyl (C=O) groups excluding carboxylic acids is 1. The summed E-state index contributed by atoms with van der Waals surface area (Å²) in [6.07, 6.45) is 0.860. The van der Waals surface area contributed by atoms with E-state index in [1.807, 2.05) is 19.1 Å². The minimum atomic E-state index is -0.661. The van der Waals surface area contributed by atoms with Crippen LogP contribution in [0, 0.1) is 5.41 Å². The van der Waals surface area contributed by atoms with Crippen molar-refractivity contribution in [2.45, 2.75) is 40.8 Å². The van der Waals surface area contributed by atoms with E-state index in [0.717, 1.165) is 12.0 Å². The van der Waals surface area contributed by atoms with Crippen LogP contribution in [0.15, 0.2) is 35.1 Å². The molecule has 0 fully saturated rings. The molecule has 1 aromatic carbocycles. The van der Waals surface area contributed by atoms with Gasteiger partial charge in [-0.2, -0.15) is 4.68 Å². The summed E-state index contributed by atoms with van der Waals surface area (Å²) >= 11 is 0. The van der Waals surface area contributed by atoms with Crippen molar-refractivity contribution < 1.29 is 19.0 Å². The number of carbonyl (C=O) groups is 1. The molecule has 10 heteroatoms. The van der Waals surface area contributed by atoms with Crippen LogP contribution in [0.3, 0.4) is 0 Å². The highest BCUT2D eigenvalue weighted by Gasteiger charge is 2.24. The van der Waals surface area contributed by atoms with E-state index >= 15 is 0 Å². The lowest BCUT2D eigenvalue weighted by Gasteiger charge is -2.16. The van der Waals surface area contributed by atoms with E-state index in [2.05, 4.69) is 20.5 Å². The number of benzene rings is 1. The number of ether oxygens (including phenoxy) is 3. The number of aromatic nitrogens is 5. The van der Waals surface area contributed by atoms with Crippen molar-refractivity contribution in [3.05, 3.63) is 40.7 Å². The van der Waals surface area contributed by atoms with E-state index in [-0.39, 0.29) is 23.7 Å². The average molecular weight is 441 g/mol. The molecule has 0 amide bonds. The van der Waals surface area contributed by atoms with E-state index < -0.39 is 11.4 Å². The number of aromatic amines is 1. The molecule has 2 heterocycles. The quantitative estimate of drug-likeness (QED) is 0.530. The third-order valence-corrected chi connectivity index (χ3v) is 4.55. The van der Waals surface area contributed by atoms with Gasteiger partial charge in [-0.3, -0.25) is 9.59 Å². The zero-order valence-electron chi connectivity index (χ0n) is 18.8. The Balaban J connectivity index is 1.87. The van der Waals surface area contributed by atoms with E-state index in [0.29, 0.717) is 23.8 Å². The van der Waals surface area contributed by atoms with Crippen molar-refractivity contribution in [1.82, 2.24) is 25.2 Å². The fraction of sp³-hybridized carbons (Fsp3) is 0.409. The Morgan fingerprint density at radius 3 is 2.59 bits per heavy atom. The standard InChI is InChI=1S/C22H27N5O5/c1-6-11-31-18-12-14(7-10-17(18)30-5)16-9-8-15(20(28)23-16)19-24-25-26-27(19)13-32-21(29)22(2,3)4/h7-10,12H,6,11,13H2,1-5H3,(H,23,28). The molecule has 3 aromatic rings. The normalized spacial score (nSPS) is 11.3. The summed E-state index contributed by atoms with van der Waals surface area (Å²) in [4.78, 5) is 27.7. The molecule has 0 aliphatic heterocycles. The highest BCUT2D eigenvalue weighted by Crippen LogP contribution is 2.32. The molecule has 10 nitrogen and oxygen atoms in total. The lowest BCUT2D eigenvalue weighted by atomic mass is 9.98. The molecule has 32 heavy (non-hydrogen) atoms. The molecular weight excluding hydrogens is 414 g/mol. The van der Waals surface area contributed by atoms with Gasteiger partial charge in [0.15, 0.2) is 24.1 Å². The summed E-state index contributed by atoms with van der Waals surface area (Å²) in [6, 6.07) is 8.81. The monoisotopic (exact) mass is 441 g/mol. The molecule has 0 atom stereocenters. The SMILES string of the molecule is CCCOc1cc(-c2ccc(-c3nnnn3COC(=O)C(C)(C)C)c(=O)[nH]2)ccc1OC. The molecule has 0 aliphatic rings. The fourth-order valence-electron chi connectivity index (χ4n) is 2.81. The number of pyridine rings is 1. The van der Waals surface area contributed by atoms with E-state index in [9.17, 15) is 9.59 Å². The fourth-order valence-corrected chi connectivity index (χ4v) is 2.81. The van der Waals surface area contributed by atoms with Gasteiger partial charge in [0.2, 0.25) is 0 Å². The first-order valence-corrected chi connectivity index (χ1v) is 10.2. The Labute approximate surface area is 185 Å². The summed E-state index contributed by atoms with van der Waals surface area (Å²) in [5.41, 5.74) is 0.569. The van der Waals surface area contributed by atoms with Crippen molar-refractivity contribution in [2.24, 2.45) is 5.41 Å². The number of methoxy groups -OCH3 is 1. The summed E-state index contributed by atoms with van der Waals surface area (Å²) in [5, 5.41) is 11.3. The van der Waals surface area contributed by atoms with Gasteiger partial charge in [0.25, 0.3) is 5.56 Å². The van der Waals surface area contributed by atoms with Crippen LogP contribution in [-0.2, 0) is 16.3 Å². The maximum atomic E-state index is 12.8. The molecule has 3 rings (SSSR count). The van der Waals surface area contributed by atoms with Gasteiger partial charge in [0.05, 0.1) is 24.7 Å². The molecule has 0 radical (unpaired) electrons. The van der Waals surface area contributed by atoms with Gasteiger partial charge in [0, 0.05) is 11.3 Å². The van der Waals surface area contributed by atoms with E-state index in [4.69, 9.17) is 14.2 Å². The highest BCUT2D eigenvalue weighted by atomic mass is 16.5. The van der Waals surface area contributed by atoms with Gasteiger partial charge in [-0.25, -0.2) is 0 Å². The van der Waals surface area contributed by atoms with Crippen molar-refractivity contribution >= 4 is 5.97 Å². The van der Waals surface area contributed by atoms with Crippen LogP contribution in [0.25, 0.3) is 22.6 Å².